The Morgan fingerprint density at radius 3 is 2.57 bits per heavy atom. The average Bonchev–Trinajstić information content (AvgIpc) is 3.02. The zero-order chi connectivity index (χ0) is 15.9. The first-order valence-electron chi connectivity index (χ1n) is 7.40. The molecule has 0 radical (unpaired) electrons. The molecule has 1 unspecified atom stereocenters. The molecule has 0 saturated heterocycles. The van der Waals surface area contributed by atoms with Crippen molar-refractivity contribution in [1.82, 2.24) is 5.32 Å². The van der Waals surface area contributed by atoms with E-state index in [0.717, 1.165) is 22.6 Å². The molecular formula is C17H23ClN2O2S. The van der Waals surface area contributed by atoms with Crippen molar-refractivity contribution in [1.29, 1.82) is 0 Å². The number of methoxy groups -OCH3 is 1. The lowest BCUT2D eigenvalue weighted by Crippen LogP contribution is -2.39. The molecule has 126 valence electrons. The van der Waals surface area contributed by atoms with Crippen LogP contribution in [0.1, 0.15) is 24.6 Å². The largest absolute Gasteiger partial charge is 0.497 e. The van der Waals surface area contributed by atoms with E-state index >= 15 is 0 Å². The molecule has 1 atom stereocenters. The summed E-state index contributed by atoms with van der Waals surface area (Å²) >= 11 is 1.67. The third-order valence-electron chi connectivity index (χ3n) is 3.41. The van der Waals surface area contributed by atoms with Gasteiger partial charge < -0.3 is 15.8 Å². The summed E-state index contributed by atoms with van der Waals surface area (Å²) in [5, 5.41) is 2.89. The second-order valence-electron chi connectivity index (χ2n) is 5.11. The maximum Gasteiger partial charge on any atom is 0.237 e. The van der Waals surface area contributed by atoms with Crippen molar-refractivity contribution >= 4 is 29.7 Å². The molecule has 0 bridgehead atoms. The number of nitrogens with two attached hydrogens (primary N) is 1. The van der Waals surface area contributed by atoms with Gasteiger partial charge in [0.1, 0.15) is 5.75 Å². The average molecular weight is 355 g/mol. The van der Waals surface area contributed by atoms with Crippen molar-refractivity contribution < 1.29 is 9.53 Å². The summed E-state index contributed by atoms with van der Waals surface area (Å²) in [7, 11) is 1.66. The van der Waals surface area contributed by atoms with E-state index in [4.69, 9.17) is 10.5 Å². The van der Waals surface area contributed by atoms with Crippen LogP contribution in [0.2, 0.25) is 0 Å². The van der Waals surface area contributed by atoms with Crippen LogP contribution >= 0.6 is 23.7 Å². The predicted octanol–water partition coefficient (Wildman–Crippen LogP) is 3.59. The van der Waals surface area contributed by atoms with Crippen LogP contribution in [-0.2, 0) is 11.3 Å². The van der Waals surface area contributed by atoms with Gasteiger partial charge in [-0.05, 0) is 48.4 Å². The molecule has 2 aromatic rings. The van der Waals surface area contributed by atoms with Crippen molar-refractivity contribution in [2.24, 2.45) is 5.73 Å². The summed E-state index contributed by atoms with van der Waals surface area (Å²) in [4.78, 5) is 14.1. The summed E-state index contributed by atoms with van der Waals surface area (Å²) in [6.07, 6.45) is 1.63. The number of rotatable bonds is 7. The lowest BCUT2D eigenvalue weighted by atomic mass is 10.1. The van der Waals surface area contributed by atoms with Crippen LogP contribution < -0.4 is 15.8 Å². The van der Waals surface area contributed by atoms with E-state index in [-0.39, 0.29) is 18.3 Å². The van der Waals surface area contributed by atoms with E-state index in [2.05, 4.69) is 11.4 Å². The number of amides is 1. The van der Waals surface area contributed by atoms with Crippen LogP contribution in [0.4, 0.5) is 0 Å². The zero-order valence-electron chi connectivity index (χ0n) is 13.4. The minimum Gasteiger partial charge on any atom is -0.497 e. The Labute approximate surface area is 147 Å². The van der Waals surface area contributed by atoms with Crippen molar-refractivity contribution in [2.45, 2.75) is 32.4 Å². The molecule has 1 aromatic carbocycles. The van der Waals surface area contributed by atoms with Gasteiger partial charge in [0.05, 0.1) is 19.7 Å². The normalized spacial score (nSPS) is 11.4. The Kier molecular flexibility index (Phi) is 8.09. The van der Waals surface area contributed by atoms with E-state index in [9.17, 15) is 4.79 Å². The van der Waals surface area contributed by atoms with Gasteiger partial charge in [-0.2, -0.15) is 0 Å². The van der Waals surface area contributed by atoms with Gasteiger partial charge >= 0.3 is 0 Å². The second-order valence-corrected chi connectivity index (χ2v) is 6.28. The summed E-state index contributed by atoms with van der Waals surface area (Å²) in [6, 6.07) is 11.6. The Balaban J connectivity index is 0.00000264. The van der Waals surface area contributed by atoms with E-state index in [1.54, 1.807) is 18.4 Å². The number of nitrogens with one attached hydrogen (secondary N) is 1. The Hall–Kier alpha value is -1.56. The molecule has 1 amide bonds. The predicted molar refractivity (Wildman–Crippen MR) is 98.3 cm³/mol. The number of hydrogen-bond acceptors (Lipinski definition) is 4. The molecule has 0 saturated carbocycles. The van der Waals surface area contributed by atoms with E-state index in [0.29, 0.717) is 13.0 Å². The SMILES string of the molecule is CCCC(N)C(=O)NCc1ccc(-c2ccc(OC)cc2)s1.Cl. The van der Waals surface area contributed by atoms with Crippen LogP contribution in [0.15, 0.2) is 36.4 Å². The van der Waals surface area contributed by atoms with Gasteiger partial charge in [0.15, 0.2) is 0 Å². The number of hydrogen-bond donors (Lipinski definition) is 2. The third-order valence-corrected chi connectivity index (χ3v) is 4.54. The van der Waals surface area contributed by atoms with Crippen LogP contribution in [-0.4, -0.2) is 19.1 Å². The lowest BCUT2D eigenvalue weighted by molar-refractivity contribution is -0.122. The van der Waals surface area contributed by atoms with Crippen molar-refractivity contribution in [2.75, 3.05) is 7.11 Å². The highest BCUT2D eigenvalue weighted by Gasteiger charge is 2.12. The highest BCUT2D eigenvalue weighted by atomic mass is 35.5. The molecule has 1 heterocycles. The van der Waals surface area contributed by atoms with Gasteiger partial charge in [0, 0.05) is 9.75 Å². The first kappa shape index (κ1) is 19.5. The maximum absolute atomic E-state index is 11.8. The molecule has 1 aromatic heterocycles. The topological polar surface area (TPSA) is 64.4 Å². The number of carbonyl (C=O) groups is 1. The van der Waals surface area contributed by atoms with Gasteiger partial charge in [0.2, 0.25) is 5.91 Å². The molecule has 4 nitrogen and oxygen atoms in total. The Morgan fingerprint density at radius 2 is 1.96 bits per heavy atom. The van der Waals surface area contributed by atoms with Gasteiger partial charge in [-0.15, -0.1) is 23.7 Å². The van der Waals surface area contributed by atoms with Gasteiger partial charge in [-0.1, -0.05) is 13.3 Å². The fourth-order valence-electron chi connectivity index (χ4n) is 2.13. The number of halogens is 1. The monoisotopic (exact) mass is 354 g/mol. The molecule has 0 aliphatic carbocycles. The van der Waals surface area contributed by atoms with Crippen molar-refractivity contribution in [3.8, 4) is 16.2 Å². The van der Waals surface area contributed by atoms with Gasteiger partial charge in [-0.3, -0.25) is 4.79 Å². The van der Waals surface area contributed by atoms with Crippen molar-refractivity contribution in [3.63, 3.8) is 0 Å². The molecule has 3 N–H and O–H groups in total. The maximum atomic E-state index is 11.8. The molecule has 0 fully saturated rings. The van der Waals surface area contributed by atoms with E-state index in [1.807, 2.05) is 37.3 Å². The third kappa shape index (κ3) is 5.53. The Bertz CT molecular complexity index is 613. The van der Waals surface area contributed by atoms with Crippen LogP contribution in [0.25, 0.3) is 10.4 Å². The molecule has 0 aliphatic heterocycles. The first-order valence-corrected chi connectivity index (χ1v) is 8.22. The highest BCUT2D eigenvalue weighted by molar-refractivity contribution is 7.15. The zero-order valence-corrected chi connectivity index (χ0v) is 15.0. The fraction of sp³-hybridized carbons (Fsp3) is 0.353. The van der Waals surface area contributed by atoms with Gasteiger partial charge in [-0.25, -0.2) is 0 Å². The Morgan fingerprint density at radius 1 is 1.26 bits per heavy atom. The number of ether oxygens (including phenoxy) is 1. The standard InChI is InChI=1S/C17H22N2O2S.ClH/c1-3-4-15(18)17(20)19-11-14-9-10-16(22-14)12-5-7-13(21-2)8-6-12;/h5-10,15H,3-4,11,18H2,1-2H3,(H,19,20);1H. The number of carbonyl (C=O) groups excluding carboxylic acids is 1. The molecule has 23 heavy (non-hydrogen) atoms. The van der Waals surface area contributed by atoms with Crippen LogP contribution in [0.5, 0.6) is 5.75 Å². The molecule has 2 rings (SSSR count). The van der Waals surface area contributed by atoms with Crippen LogP contribution in [0, 0.1) is 0 Å². The molecule has 6 heteroatoms. The fourth-order valence-corrected chi connectivity index (χ4v) is 3.08. The van der Waals surface area contributed by atoms with E-state index < -0.39 is 6.04 Å². The molecular weight excluding hydrogens is 332 g/mol. The number of benzene rings is 1. The summed E-state index contributed by atoms with van der Waals surface area (Å²) in [5.41, 5.74) is 6.94. The second kappa shape index (κ2) is 9.55. The highest BCUT2D eigenvalue weighted by Crippen LogP contribution is 2.29. The van der Waals surface area contributed by atoms with Crippen LogP contribution in [0.3, 0.4) is 0 Å². The van der Waals surface area contributed by atoms with Crippen molar-refractivity contribution in [3.05, 3.63) is 41.3 Å². The van der Waals surface area contributed by atoms with E-state index in [1.165, 1.54) is 4.88 Å². The molecule has 0 spiro atoms. The number of thiophene rings is 1. The quantitative estimate of drug-likeness (QED) is 0.798. The summed E-state index contributed by atoms with van der Waals surface area (Å²) in [5.74, 6) is 0.763. The first-order chi connectivity index (χ1) is 10.6. The lowest BCUT2D eigenvalue weighted by Gasteiger charge is -2.10. The summed E-state index contributed by atoms with van der Waals surface area (Å²) in [6.45, 7) is 2.55. The minimum atomic E-state index is -0.411. The summed E-state index contributed by atoms with van der Waals surface area (Å²) < 4.78 is 5.16. The molecule has 0 aliphatic rings. The van der Waals surface area contributed by atoms with Gasteiger partial charge in [0.25, 0.3) is 0 Å². The smallest absolute Gasteiger partial charge is 0.237 e. The minimum absolute atomic E-state index is 0.